The van der Waals surface area contributed by atoms with Gasteiger partial charge in [0.05, 0.1) is 12.1 Å². The zero-order valence-electron chi connectivity index (χ0n) is 18.8. The Bertz CT molecular complexity index is 917. The van der Waals surface area contributed by atoms with E-state index in [1.807, 2.05) is 20.8 Å². The molecule has 32 heavy (non-hydrogen) atoms. The smallest absolute Gasteiger partial charge is 0.344 e. The van der Waals surface area contributed by atoms with Gasteiger partial charge in [0.15, 0.2) is 6.10 Å². The molecule has 0 bridgehead atoms. The number of β-amino-alcohol motifs (C(OH)–C–C–N with tert-alkyl or cyclic N) is 1. The minimum Gasteiger partial charge on any atom is -0.479 e. The summed E-state index contributed by atoms with van der Waals surface area (Å²) in [6.45, 7) is 6.92. The van der Waals surface area contributed by atoms with Crippen molar-refractivity contribution in [1.82, 2.24) is 10.2 Å². The lowest BCUT2D eigenvalue weighted by Gasteiger charge is -2.32. The minimum absolute atomic E-state index is 0.0192. The van der Waals surface area contributed by atoms with Crippen molar-refractivity contribution in [3.05, 3.63) is 29.3 Å². The van der Waals surface area contributed by atoms with Crippen molar-refractivity contribution in [2.75, 3.05) is 6.54 Å². The molecule has 2 rings (SSSR count). The van der Waals surface area contributed by atoms with Crippen LogP contribution in [0.3, 0.4) is 0 Å². The Hall–Kier alpha value is -3.09. The van der Waals surface area contributed by atoms with Crippen LogP contribution in [0, 0.1) is 17.8 Å². The maximum Gasteiger partial charge on any atom is 0.344 e. The third-order valence-corrected chi connectivity index (χ3v) is 5.40. The van der Waals surface area contributed by atoms with Gasteiger partial charge in [0.2, 0.25) is 11.8 Å². The van der Waals surface area contributed by atoms with Gasteiger partial charge in [0.1, 0.15) is 11.8 Å². The molecule has 1 saturated heterocycles. The number of nitrogens with one attached hydrogen (secondary N) is 1. The van der Waals surface area contributed by atoms with Crippen LogP contribution < -0.4 is 15.8 Å². The number of hydrogen-bond acceptors (Lipinski definition) is 6. The molecular weight excluding hydrogens is 414 g/mol. The number of nitrogens with two attached hydrogens (primary N) is 1. The van der Waals surface area contributed by atoms with E-state index in [2.05, 4.69) is 11.2 Å². The largest absolute Gasteiger partial charge is 0.479 e. The summed E-state index contributed by atoms with van der Waals surface area (Å²) in [4.78, 5) is 38.2. The first-order chi connectivity index (χ1) is 14.8. The van der Waals surface area contributed by atoms with Crippen LogP contribution in [0.1, 0.15) is 45.2 Å². The zero-order valence-corrected chi connectivity index (χ0v) is 18.8. The molecule has 0 saturated carbocycles. The predicted octanol–water partition coefficient (Wildman–Crippen LogP) is 0.471. The van der Waals surface area contributed by atoms with Gasteiger partial charge in [-0.2, -0.15) is 0 Å². The molecule has 174 valence electrons. The number of hydrogen-bond donors (Lipinski definition) is 4. The summed E-state index contributed by atoms with van der Waals surface area (Å²) in [5.41, 5.74) is 6.60. The van der Waals surface area contributed by atoms with Crippen LogP contribution in [0.5, 0.6) is 5.75 Å². The molecule has 1 fully saturated rings. The fourth-order valence-electron chi connectivity index (χ4n) is 3.30. The molecule has 9 nitrogen and oxygen atoms in total. The van der Waals surface area contributed by atoms with Crippen molar-refractivity contribution in [2.45, 2.75) is 65.0 Å². The van der Waals surface area contributed by atoms with Gasteiger partial charge in [-0.1, -0.05) is 32.8 Å². The molecule has 1 aliphatic rings. The Morgan fingerprint density at radius 2 is 2.03 bits per heavy atom. The summed E-state index contributed by atoms with van der Waals surface area (Å²) in [5.74, 6) is 0.705. The van der Waals surface area contributed by atoms with Crippen LogP contribution in [-0.4, -0.2) is 63.7 Å². The first kappa shape index (κ1) is 25.2. The lowest BCUT2D eigenvalue weighted by Crippen LogP contribution is -2.54. The number of rotatable bonds is 7. The van der Waals surface area contributed by atoms with E-state index < -0.39 is 47.5 Å². The van der Waals surface area contributed by atoms with E-state index in [0.29, 0.717) is 11.1 Å². The van der Waals surface area contributed by atoms with Crippen LogP contribution in [0.4, 0.5) is 0 Å². The van der Waals surface area contributed by atoms with Crippen molar-refractivity contribution < 1.29 is 29.3 Å². The Morgan fingerprint density at radius 3 is 2.59 bits per heavy atom. The molecule has 1 unspecified atom stereocenters. The molecular formula is C23H31N3O6. The normalized spacial score (nSPS) is 20.2. The number of nitrogens with zero attached hydrogens (tertiary/aromatic N) is 1. The quantitative estimate of drug-likeness (QED) is 0.447. The minimum atomic E-state index is -1.14. The maximum absolute atomic E-state index is 12.9. The van der Waals surface area contributed by atoms with E-state index in [-0.39, 0.29) is 25.3 Å². The molecule has 1 aromatic carbocycles. The number of aliphatic carboxylic acids is 1. The van der Waals surface area contributed by atoms with E-state index in [4.69, 9.17) is 22.0 Å². The summed E-state index contributed by atoms with van der Waals surface area (Å²) in [5, 5.41) is 21.9. The number of carbonyl (C=O) groups excluding carboxylic acids is 2. The van der Waals surface area contributed by atoms with Crippen molar-refractivity contribution in [1.29, 1.82) is 0 Å². The number of carbonyl (C=O) groups is 3. The summed E-state index contributed by atoms with van der Waals surface area (Å²) in [6, 6.07) is 3.13. The van der Waals surface area contributed by atoms with Gasteiger partial charge >= 0.3 is 5.97 Å². The third kappa shape index (κ3) is 5.99. The van der Waals surface area contributed by atoms with Gasteiger partial charge in [-0.15, -0.1) is 6.42 Å². The standard InChI is InChI=1S/C23H31N3O6/c1-6-14-7-8-15(18(9-14)32-13(2)22(30)31)11-25-20(28)17-10-16(27)12-26(17)21(29)19(24)23(3,4)5/h1,7-9,13,16-17,19,27H,10-12,24H2,2-5H3,(H,25,28)(H,30,31)/t13?,16-,17+,19-/m1/s1. The lowest BCUT2D eigenvalue weighted by molar-refractivity contribution is -0.144. The molecule has 4 atom stereocenters. The van der Waals surface area contributed by atoms with Crippen LogP contribution in [0.15, 0.2) is 18.2 Å². The summed E-state index contributed by atoms with van der Waals surface area (Å²) < 4.78 is 5.49. The SMILES string of the molecule is C#Cc1ccc(CNC(=O)[C@@H]2C[C@@H](O)CN2C(=O)[C@@H](N)C(C)(C)C)c(OC(C)C(=O)O)c1. The van der Waals surface area contributed by atoms with Gasteiger partial charge in [-0.25, -0.2) is 4.79 Å². The summed E-state index contributed by atoms with van der Waals surface area (Å²) in [6.07, 6.45) is 3.57. The van der Waals surface area contributed by atoms with Gasteiger partial charge in [-0.3, -0.25) is 9.59 Å². The summed E-state index contributed by atoms with van der Waals surface area (Å²) >= 11 is 0. The number of ether oxygens (including phenoxy) is 1. The number of amides is 2. The second-order valence-corrected chi connectivity index (χ2v) is 9.02. The van der Waals surface area contributed by atoms with E-state index >= 15 is 0 Å². The molecule has 0 radical (unpaired) electrons. The van der Waals surface area contributed by atoms with Crippen LogP contribution >= 0.6 is 0 Å². The van der Waals surface area contributed by atoms with Crippen molar-refractivity contribution >= 4 is 17.8 Å². The number of aliphatic hydroxyl groups excluding tert-OH is 1. The average molecular weight is 446 g/mol. The molecule has 1 aliphatic heterocycles. The predicted molar refractivity (Wildman–Crippen MR) is 118 cm³/mol. The monoisotopic (exact) mass is 445 g/mol. The van der Waals surface area contributed by atoms with E-state index in [9.17, 15) is 19.5 Å². The molecule has 9 heteroatoms. The van der Waals surface area contributed by atoms with E-state index in [0.717, 1.165) is 0 Å². The molecule has 1 heterocycles. The van der Waals surface area contributed by atoms with Crippen LogP contribution in [0.2, 0.25) is 0 Å². The number of likely N-dealkylation sites (tertiary alicyclic amines) is 1. The van der Waals surface area contributed by atoms with Crippen molar-refractivity contribution in [3.8, 4) is 18.1 Å². The number of benzene rings is 1. The topological polar surface area (TPSA) is 142 Å². The Balaban J connectivity index is 2.16. The second kappa shape index (κ2) is 10.0. The molecule has 2 amide bonds. The Morgan fingerprint density at radius 1 is 1.38 bits per heavy atom. The molecule has 5 N–H and O–H groups in total. The van der Waals surface area contributed by atoms with Crippen LogP contribution in [0.25, 0.3) is 0 Å². The zero-order chi connectivity index (χ0) is 24.2. The van der Waals surface area contributed by atoms with Crippen molar-refractivity contribution in [3.63, 3.8) is 0 Å². The van der Waals surface area contributed by atoms with Gasteiger partial charge in [0, 0.05) is 30.6 Å². The fourth-order valence-corrected chi connectivity index (χ4v) is 3.30. The number of carboxylic acid groups (broad SMARTS) is 1. The number of carboxylic acids is 1. The average Bonchev–Trinajstić information content (AvgIpc) is 3.12. The molecule has 1 aromatic rings. The number of terminal acetylenes is 1. The summed E-state index contributed by atoms with van der Waals surface area (Å²) in [7, 11) is 0. The Labute approximate surface area is 187 Å². The molecule has 0 spiro atoms. The van der Waals surface area contributed by atoms with Gasteiger partial charge < -0.3 is 30.9 Å². The first-order valence-corrected chi connectivity index (χ1v) is 10.4. The fraction of sp³-hybridized carbons (Fsp3) is 0.522. The van der Waals surface area contributed by atoms with Gasteiger partial charge in [0.25, 0.3) is 0 Å². The second-order valence-electron chi connectivity index (χ2n) is 9.02. The highest BCUT2D eigenvalue weighted by Gasteiger charge is 2.42. The highest BCUT2D eigenvalue weighted by atomic mass is 16.5. The van der Waals surface area contributed by atoms with Gasteiger partial charge in [-0.05, 0) is 24.5 Å². The number of aliphatic hydroxyl groups is 1. The Kier molecular flexibility index (Phi) is 7.88. The van der Waals surface area contributed by atoms with Crippen molar-refractivity contribution in [2.24, 2.45) is 11.1 Å². The van der Waals surface area contributed by atoms with E-state index in [1.165, 1.54) is 17.9 Å². The third-order valence-electron chi connectivity index (χ3n) is 5.40. The first-order valence-electron chi connectivity index (χ1n) is 10.4. The lowest BCUT2D eigenvalue weighted by atomic mass is 9.86. The highest BCUT2D eigenvalue weighted by molar-refractivity contribution is 5.90. The molecule has 0 aromatic heterocycles. The molecule has 0 aliphatic carbocycles. The maximum atomic E-state index is 12.9. The van der Waals surface area contributed by atoms with E-state index in [1.54, 1.807) is 12.1 Å². The van der Waals surface area contributed by atoms with Crippen LogP contribution in [-0.2, 0) is 20.9 Å². The highest BCUT2D eigenvalue weighted by Crippen LogP contribution is 2.26.